The summed E-state index contributed by atoms with van der Waals surface area (Å²) in [5, 5.41) is 13.5. The maximum absolute atomic E-state index is 12.8. The molecule has 0 radical (unpaired) electrons. The Kier molecular flexibility index (Phi) is 6.12. The number of oxime groups is 1. The van der Waals surface area contributed by atoms with Gasteiger partial charge < -0.3 is 19.7 Å². The minimum absolute atomic E-state index is 0.00570. The highest BCUT2D eigenvalue weighted by Crippen LogP contribution is 2.26. The number of aromatic nitrogens is 3. The lowest BCUT2D eigenvalue weighted by atomic mass is 10.1. The molecule has 0 spiro atoms. The van der Waals surface area contributed by atoms with E-state index < -0.39 is 22.1 Å². The molecule has 0 aliphatic carbocycles. The second-order valence-corrected chi connectivity index (χ2v) is 9.04. The lowest BCUT2D eigenvalue weighted by Gasteiger charge is -2.26. The van der Waals surface area contributed by atoms with Gasteiger partial charge in [0.2, 0.25) is 10.0 Å². The summed E-state index contributed by atoms with van der Waals surface area (Å²) in [6.07, 6.45) is -2.90. The predicted octanol–water partition coefficient (Wildman–Crippen LogP) is 2.92. The van der Waals surface area contributed by atoms with Crippen molar-refractivity contribution in [2.24, 2.45) is 5.16 Å². The molecule has 2 aromatic heterocycles. The largest absolute Gasteiger partial charge is 0.573 e. The zero-order valence-corrected chi connectivity index (χ0v) is 17.7. The average Bonchev–Trinajstić information content (AvgIpc) is 3.15. The molecule has 0 saturated carbocycles. The number of pyridine rings is 1. The maximum Gasteiger partial charge on any atom is 0.573 e. The highest BCUT2D eigenvalue weighted by molar-refractivity contribution is 7.89. The monoisotopic (exact) mass is 485 g/mol. The number of benzene rings is 1. The number of nitrogens with zero attached hydrogens (tertiary/aromatic N) is 4. The number of aromatic amines is 1. The number of fused-ring (bicyclic) bond motifs is 1. The second kappa shape index (κ2) is 8.86. The molecule has 0 unspecified atom stereocenters. The van der Waals surface area contributed by atoms with Crippen LogP contribution in [0.4, 0.5) is 13.2 Å². The van der Waals surface area contributed by atoms with E-state index in [0.29, 0.717) is 35.5 Å². The number of halogens is 3. The summed E-state index contributed by atoms with van der Waals surface area (Å²) < 4.78 is 67.3. The lowest BCUT2D eigenvalue weighted by Crippen LogP contribution is -2.38. The number of hydrogen-bond donors (Lipinski definition) is 2. The number of nitrogens with one attached hydrogen (secondary N) is 1. The van der Waals surface area contributed by atoms with Crippen LogP contribution in [0, 0.1) is 0 Å². The SMILES string of the molecule is O=S(=O)(c1ccc(OC(F)(F)F)cc1)N1CCC(=NOCc2nc3ncc(O)cc3[nH]2)CC1. The van der Waals surface area contributed by atoms with Crippen LogP contribution in [0.2, 0.25) is 0 Å². The second-order valence-electron chi connectivity index (χ2n) is 7.10. The first-order valence-corrected chi connectivity index (χ1v) is 11.1. The Labute approximate surface area is 185 Å². The van der Waals surface area contributed by atoms with Gasteiger partial charge in [-0.3, -0.25) is 0 Å². The molecule has 2 N–H and O–H groups in total. The first-order valence-electron chi connectivity index (χ1n) is 9.67. The summed E-state index contributed by atoms with van der Waals surface area (Å²) in [6, 6.07) is 5.55. The molecule has 33 heavy (non-hydrogen) atoms. The first kappa shape index (κ1) is 22.8. The molecule has 1 saturated heterocycles. The van der Waals surface area contributed by atoms with Crippen molar-refractivity contribution in [3.8, 4) is 11.5 Å². The van der Waals surface area contributed by atoms with Gasteiger partial charge in [-0.25, -0.2) is 18.4 Å². The molecule has 1 aliphatic rings. The van der Waals surface area contributed by atoms with Gasteiger partial charge in [-0.05, 0) is 24.3 Å². The summed E-state index contributed by atoms with van der Waals surface area (Å²) in [5.41, 5.74) is 1.65. The molecule has 0 bridgehead atoms. The fourth-order valence-corrected chi connectivity index (χ4v) is 4.67. The Bertz CT molecular complexity index is 1270. The van der Waals surface area contributed by atoms with Gasteiger partial charge in [0.25, 0.3) is 0 Å². The number of ether oxygens (including phenoxy) is 1. The number of alkyl halides is 3. The molecule has 4 rings (SSSR count). The van der Waals surface area contributed by atoms with Crippen LogP contribution < -0.4 is 4.74 Å². The molecule has 14 heteroatoms. The van der Waals surface area contributed by atoms with E-state index in [-0.39, 0.29) is 30.3 Å². The molecule has 1 fully saturated rings. The molecule has 3 heterocycles. The number of rotatable bonds is 6. The summed E-state index contributed by atoms with van der Waals surface area (Å²) in [7, 11) is -3.87. The van der Waals surface area contributed by atoms with E-state index >= 15 is 0 Å². The average molecular weight is 485 g/mol. The van der Waals surface area contributed by atoms with Crippen molar-refractivity contribution in [1.29, 1.82) is 0 Å². The van der Waals surface area contributed by atoms with Crippen LogP contribution in [0.1, 0.15) is 18.7 Å². The molecular weight excluding hydrogens is 467 g/mol. The zero-order valence-electron chi connectivity index (χ0n) is 16.9. The number of hydrogen-bond acceptors (Lipinski definition) is 8. The maximum atomic E-state index is 12.8. The van der Waals surface area contributed by atoms with Crippen molar-refractivity contribution < 1.29 is 36.3 Å². The van der Waals surface area contributed by atoms with Crippen molar-refractivity contribution in [2.75, 3.05) is 13.1 Å². The number of sulfonamides is 1. The molecule has 1 aliphatic heterocycles. The topological polar surface area (TPSA) is 130 Å². The molecule has 3 aromatic rings. The van der Waals surface area contributed by atoms with Gasteiger partial charge in [-0.2, -0.15) is 4.31 Å². The van der Waals surface area contributed by atoms with Crippen LogP contribution in [0.3, 0.4) is 0 Å². The summed E-state index contributed by atoms with van der Waals surface area (Å²) in [5.74, 6) is -0.0275. The minimum Gasteiger partial charge on any atom is -0.506 e. The fourth-order valence-electron chi connectivity index (χ4n) is 3.23. The Hall–Kier alpha value is -3.39. The van der Waals surface area contributed by atoms with Crippen molar-refractivity contribution >= 4 is 26.9 Å². The number of aromatic hydroxyl groups is 1. The normalized spacial score (nSPS) is 15.5. The Balaban J connectivity index is 1.32. The van der Waals surface area contributed by atoms with E-state index in [9.17, 15) is 26.7 Å². The third-order valence-corrected chi connectivity index (χ3v) is 6.67. The standard InChI is InChI=1S/C19H18F3N5O5S/c20-19(21,22)32-14-1-3-15(4-2-14)33(29,30)27-7-5-12(6-8-27)26-31-11-17-24-16-9-13(28)10-23-18(16)25-17/h1-4,9-10,28H,5-8,11H2,(H,23,24,25). The van der Waals surface area contributed by atoms with Crippen LogP contribution in [0.15, 0.2) is 46.6 Å². The predicted molar refractivity (Wildman–Crippen MR) is 109 cm³/mol. The van der Waals surface area contributed by atoms with E-state index in [4.69, 9.17) is 4.84 Å². The quantitative estimate of drug-likeness (QED) is 0.514. The highest BCUT2D eigenvalue weighted by Gasteiger charge is 2.32. The van der Waals surface area contributed by atoms with Gasteiger partial charge in [0.15, 0.2) is 12.3 Å². The van der Waals surface area contributed by atoms with Gasteiger partial charge in [0, 0.05) is 32.0 Å². The molecule has 0 atom stereocenters. The molecular formula is C19H18F3N5O5S. The van der Waals surface area contributed by atoms with Crippen LogP contribution >= 0.6 is 0 Å². The van der Waals surface area contributed by atoms with E-state index in [0.717, 1.165) is 24.3 Å². The van der Waals surface area contributed by atoms with Crippen molar-refractivity contribution in [1.82, 2.24) is 19.3 Å². The molecule has 10 nitrogen and oxygen atoms in total. The van der Waals surface area contributed by atoms with Crippen molar-refractivity contribution in [2.45, 2.75) is 30.7 Å². The van der Waals surface area contributed by atoms with Crippen LogP contribution in [0.5, 0.6) is 11.5 Å². The number of piperidine rings is 1. The van der Waals surface area contributed by atoms with Crippen LogP contribution in [-0.4, -0.2) is 57.9 Å². The Morgan fingerprint density at radius 1 is 1.18 bits per heavy atom. The number of H-pyrrole nitrogens is 1. The Morgan fingerprint density at radius 2 is 1.88 bits per heavy atom. The first-order chi connectivity index (χ1) is 15.6. The van der Waals surface area contributed by atoms with E-state index in [1.165, 1.54) is 16.6 Å². The van der Waals surface area contributed by atoms with Crippen molar-refractivity contribution in [3.05, 3.63) is 42.4 Å². The van der Waals surface area contributed by atoms with Crippen LogP contribution in [0.25, 0.3) is 11.2 Å². The van der Waals surface area contributed by atoms with Gasteiger partial charge in [0.05, 0.1) is 22.3 Å². The van der Waals surface area contributed by atoms with Gasteiger partial charge in [-0.15, -0.1) is 13.2 Å². The summed E-state index contributed by atoms with van der Waals surface area (Å²) in [6.45, 7) is 0.341. The van der Waals surface area contributed by atoms with Crippen molar-refractivity contribution in [3.63, 3.8) is 0 Å². The van der Waals surface area contributed by atoms with Gasteiger partial charge in [-0.1, -0.05) is 5.16 Å². The molecule has 176 valence electrons. The highest BCUT2D eigenvalue weighted by atomic mass is 32.2. The lowest BCUT2D eigenvalue weighted by molar-refractivity contribution is -0.274. The zero-order chi connectivity index (χ0) is 23.6. The summed E-state index contributed by atoms with van der Waals surface area (Å²) in [4.78, 5) is 16.3. The third kappa shape index (κ3) is 5.51. The van der Waals surface area contributed by atoms with Gasteiger partial charge in [0.1, 0.15) is 17.3 Å². The van der Waals surface area contributed by atoms with E-state index in [1.807, 2.05) is 0 Å². The Morgan fingerprint density at radius 3 is 2.55 bits per heavy atom. The van der Waals surface area contributed by atoms with Gasteiger partial charge >= 0.3 is 6.36 Å². The molecule has 0 amide bonds. The minimum atomic E-state index is -4.85. The van der Waals surface area contributed by atoms with E-state index in [2.05, 4.69) is 24.8 Å². The number of imidazole rings is 1. The smallest absolute Gasteiger partial charge is 0.506 e. The van der Waals surface area contributed by atoms with Crippen LogP contribution in [-0.2, 0) is 21.5 Å². The summed E-state index contributed by atoms with van der Waals surface area (Å²) >= 11 is 0. The molecule has 1 aromatic carbocycles. The third-order valence-electron chi connectivity index (χ3n) is 4.76. The fraction of sp³-hybridized carbons (Fsp3) is 0.316. The van der Waals surface area contributed by atoms with E-state index in [1.54, 1.807) is 0 Å².